The molecule has 0 saturated heterocycles. The Morgan fingerprint density at radius 2 is 1.02 bits per heavy atom. The molecule has 6 aromatic carbocycles. The first-order chi connectivity index (χ1) is 29.8. The summed E-state index contributed by atoms with van der Waals surface area (Å²) in [6.07, 6.45) is -6.97. The summed E-state index contributed by atoms with van der Waals surface area (Å²) >= 11 is 0. The zero-order valence-electron chi connectivity index (χ0n) is 31.7. The summed E-state index contributed by atoms with van der Waals surface area (Å²) in [5, 5.41) is 134. The molecule has 63 heavy (non-hydrogen) atoms. The Morgan fingerprint density at radius 3 is 1.60 bits per heavy atom. The van der Waals surface area contributed by atoms with Crippen molar-refractivity contribution < 1.29 is 94.9 Å². The normalized spacial score (nSPS) is 17.7. The Hall–Kier alpha value is -8.81. The van der Waals surface area contributed by atoms with Crippen molar-refractivity contribution >= 4 is 22.7 Å². The van der Waals surface area contributed by atoms with Crippen LogP contribution < -0.4 is 14.9 Å². The average Bonchev–Trinajstić information content (AvgIpc) is 3.35. The first-order valence-electron chi connectivity index (χ1n) is 18.4. The van der Waals surface area contributed by atoms with Crippen molar-refractivity contribution in [2.75, 3.05) is 0 Å². The zero-order chi connectivity index (χ0) is 45.3. The van der Waals surface area contributed by atoms with Crippen LogP contribution in [0.2, 0.25) is 0 Å². The minimum absolute atomic E-state index is 0.00226. The number of fused-ring (bicyclic) bond motifs is 3. The van der Waals surface area contributed by atoms with Gasteiger partial charge in [0.15, 0.2) is 75.5 Å². The number of esters is 2. The number of phenols is 12. The van der Waals surface area contributed by atoms with Gasteiger partial charge in [-0.2, -0.15) is 0 Å². The maximum Gasteiger partial charge on any atom is 0.338 e. The van der Waals surface area contributed by atoms with Crippen molar-refractivity contribution in [3.63, 3.8) is 0 Å². The summed E-state index contributed by atoms with van der Waals surface area (Å²) in [5.74, 6) is -13.3. The quantitative estimate of drug-likeness (QED) is 0.0824. The number of phenolic OH excluding ortho intramolecular Hbond substituents is 12. The smallest absolute Gasteiger partial charge is 0.338 e. The fourth-order valence-corrected chi connectivity index (χ4v) is 7.50. The van der Waals surface area contributed by atoms with E-state index in [1.165, 1.54) is 0 Å². The highest BCUT2D eigenvalue weighted by Gasteiger charge is 2.40. The monoisotopic (exact) mass is 868 g/mol. The predicted octanol–water partition coefficient (Wildman–Crippen LogP) is 4.18. The third-order valence-electron chi connectivity index (χ3n) is 10.5. The van der Waals surface area contributed by atoms with Crippen molar-refractivity contribution in [2.45, 2.75) is 37.3 Å². The molecule has 20 nitrogen and oxygen atoms in total. The van der Waals surface area contributed by atoms with Crippen molar-refractivity contribution in [2.24, 2.45) is 0 Å². The second-order valence-electron chi connectivity index (χ2n) is 14.6. The van der Waals surface area contributed by atoms with Crippen LogP contribution in [0, 0.1) is 0 Å². The molecule has 0 aliphatic carbocycles. The number of ether oxygens (including phenoxy) is 4. The lowest BCUT2D eigenvalue weighted by Crippen LogP contribution is -2.35. The Balaban J connectivity index is 1.31. The zero-order valence-corrected chi connectivity index (χ0v) is 31.7. The van der Waals surface area contributed by atoms with Gasteiger partial charge in [0, 0.05) is 53.3 Å². The lowest BCUT2D eigenvalue weighted by Gasteiger charge is -2.35. The summed E-state index contributed by atoms with van der Waals surface area (Å²) in [7, 11) is 0. The van der Waals surface area contributed by atoms with E-state index in [-0.39, 0.29) is 45.6 Å². The summed E-state index contributed by atoms with van der Waals surface area (Å²) in [6, 6.07) is 10.3. The van der Waals surface area contributed by atoms with Crippen molar-refractivity contribution in [1.29, 1.82) is 0 Å². The topological polar surface area (TPSA) is 351 Å². The first kappa shape index (κ1) is 40.9. The van der Waals surface area contributed by atoms with Gasteiger partial charge >= 0.3 is 11.9 Å². The third kappa shape index (κ3) is 7.19. The number of rotatable bonds is 6. The third-order valence-corrected chi connectivity index (χ3v) is 10.5. The van der Waals surface area contributed by atoms with Crippen LogP contribution in [0.1, 0.15) is 55.2 Å². The standard InChI is InChI=1S/C43H32O20/c44-18-9-22(45)21-12-34(63-43(59)17-6-27(50)37(55)28(51)7-17)41(61-32(21)10-18)20-11-30(53)39(57)35-19(20)1-15(3-29(52)38(35)56)40-33(8-14-2-23(46)24(47)13-31(14)60-40)62-42(58)16-4-25(48)36(54)26(49)5-16/h1-7,9-11,13,33-34,40-41,44-51,53-55,57H,8,12H2,(H,52,56)/t33-,34-,40+,41-/m1/s1. The van der Waals surface area contributed by atoms with Crippen LogP contribution in [0.15, 0.2) is 71.5 Å². The summed E-state index contributed by atoms with van der Waals surface area (Å²) in [6.45, 7) is 0. The second kappa shape index (κ2) is 15.0. The molecule has 6 aromatic rings. The molecule has 4 atom stereocenters. The summed E-state index contributed by atoms with van der Waals surface area (Å²) in [4.78, 5) is 41.1. The number of hydrogen-bond donors (Lipinski definition) is 13. The molecule has 8 rings (SSSR count). The van der Waals surface area contributed by atoms with E-state index in [1.807, 2.05) is 0 Å². The van der Waals surface area contributed by atoms with Crippen molar-refractivity contribution in [3.05, 3.63) is 110 Å². The summed E-state index contributed by atoms with van der Waals surface area (Å²) < 4.78 is 23.9. The van der Waals surface area contributed by atoms with E-state index < -0.39 is 139 Å². The fraction of sp³-hybridized carbons (Fsp3) is 0.140. The SMILES string of the molecule is O=C(O[C@@H]1Cc2c(O)cc(O)cc2O[C@@H]1c1cc(O)c(O)c2c(=O)c(O)cc([C@@H]3Oc4cc(O)c(O)cc4C[C@H]3OC(=O)c3cc(O)c(O)c(O)c3)cc12)c1cc(O)c(O)c(O)c1. The van der Waals surface area contributed by atoms with Crippen LogP contribution in [0.3, 0.4) is 0 Å². The molecule has 0 spiro atoms. The molecule has 0 fully saturated rings. The number of aromatic hydroxyl groups is 13. The molecule has 324 valence electrons. The molecule has 13 N–H and O–H groups in total. The largest absolute Gasteiger partial charge is 0.508 e. The van der Waals surface area contributed by atoms with Crippen LogP contribution >= 0.6 is 0 Å². The van der Waals surface area contributed by atoms with Gasteiger partial charge in [0.1, 0.15) is 35.2 Å². The van der Waals surface area contributed by atoms with Gasteiger partial charge in [-0.15, -0.1) is 0 Å². The maximum atomic E-state index is 14.0. The average molecular weight is 869 g/mol. The molecule has 0 radical (unpaired) electrons. The molecule has 2 heterocycles. The van der Waals surface area contributed by atoms with Crippen molar-refractivity contribution in [1.82, 2.24) is 0 Å². The van der Waals surface area contributed by atoms with Crippen LogP contribution in [0.5, 0.6) is 86.2 Å². The molecule has 0 bridgehead atoms. The Bertz CT molecular complexity index is 2950. The minimum Gasteiger partial charge on any atom is -0.508 e. The van der Waals surface area contributed by atoms with E-state index in [4.69, 9.17) is 18.9 Å². The number of hydrogen-bond acceptors (Lipinski definition) is 20. The maximum absolute atomic E-state index is 14.0. The lowest BCUT2D eigenvalue weighted by atomic mass is 9.89. The van der Waals surface area contributed by atoms with E-state index >= 15 is 0 Å². The number of carbonyl (C=O) groups is 2. The minimum atomic E-state index is -1.65. The molecular formula is C43H32O20. The van der Waals surface area contributed by atoms with Gasteiger partial charge in [-0.05, 0) is 53.9 Å². The van der Waals surface area contributed by atoms with Crippen LogP contribution in [0.25, 0.3) is 10.8 Å². The van der Waals surface area contributed by atoms with Gasteiger partial charge in [-0.25, -0.2) is 9.59 Å². The highest BCUT2D eigenvalue weighted by Crippen LogP contribution is 2.49. The summed E-state index contributed by atoms with van der Waals surface area (Å²) in [5.41, 5.74) is -2.49. The van der Waals surface area contributed by atoms with Gasteiger partial charge in [-0.3, -0.25) is 4.79 Å². The lowest BCUT2D eigenvalue weighted by molar-refractivity contribution is -0.0192. The Labute approximate surface area is 351 Å². The first-order valence-corrected chi connectivity index (χ1v) is 18.4. The Kier molecular flexibility index (Phi) is 9.77. The van der Waals surface area contributed by atoms with Crippen LogP contribution in [-0.4, -0.2) is 90.5 Å². The number of benzene rings is 5. The van der Waals surface area contributed by atoms with E-state index in [2.05, 4.69) is 0 Å². The predicted molar refractivity (Wildman–Crippen MR) is 210 cm³/mol. The Morgan fingerprint density at radius 1 is 0.492 bits per heavy atom. The molecule has 2 aliphatic heterocycles. The molecule has 0 unspecified atom stereocenters. The van der Waals surface area contributed by atoms with E-state index in [1.54, 1.807) is 0 Å². The molecule has 0 aromatic heterocycles. The van der Waals surface area contributed by atoms with Gasteiger partial charge in [0.05, 0.1) is 16.5 Å². The highest BCUT2D eigenvalue weighted by molar-refractivity contribution is 5.95. The molecule has 0 saturated carbocycles. The van der Waals surface area contributed by atoms with E-state index in [0.29, 0.717) is 0 Å². The van der Waals surface area contributed by atoms with Gasteiger partial charge in [0.2, 0.25) is 5.43 Å². The van der Waals surface area contributed by atoms with Gasteiger partial charge in [0.25, 0.3) is 0 Å². The second-order valence-corrected chi connectivity index (χ2v) is 14.6. The van der Waals surface area contributed by atoms with Crippen molar-refractivity contribution in [3.8, 4) is 86.2 Å². The van der Waals surface area contributed by atoms with Crippen LogP contribution in [0.4, 0.5) is 0 Å². The molecular weight excluding hydrogens is 836 g/mol. The fourth-order valence-electron chi connectivity index (χ4n) is 7.50. The number of carbonyl (C=O) groups excluding carboxylic acids is 2. The molecule has 20 heteroatoms. The van der Waals surface area contributed by atoms with Crippen LogP contribution in [-0.2, 0) is 22.3 Å². The highest BCUT2D eigenvalue weighted by atomic mass is 16.6. The molecule has 0 amide bonds. The molecule has 2 aliphatic rings. The van der Waals surface area contributed by atoms with Gasteiger partial charge < -0.3 is 85.3 Å². The van der Waals surface area contributed by atoms with E-state index in [9.17, 15) is 80.8 Å². The van der Waals surface area contributed by atoms with E-state index in [0.717, 1.165) is 66.7 Å². The van der Waals surface area contributed by atoms with Gasteiger partial charge in [-0.1, -0.05) is 0 Å².